The first-order valence-corrected chi connectivity index (χ1v) is 11.7. The molecule has 3 aromatic carbocycles. The summed E-state index contributed by atoms with van der Waals surface area (Å²) in [6, 6.07) is 22.8. The maximum atomic E-state index is 12.4. The zero-order chi connectivity index (χ0) is 24.2. The molecule has 172 valence electrons. The number of hydrogen-bond acceptors (Lipinski definition) is 4. The van der Waals surface area contributed by atoms with E-state index in [0.29, 0.717) is 26.9 Å². The molecule has 0 bridgehead atoms. The van der Waals surface area contributed by atoms with E-state index in [1.807, 2.05) is 76.7 Å². The van der Waals surface area contributed by atoms with Crippen LogP contribution >= 0.6 is 23.2 Å². The standard InChI is InChI=1S/C27H19Cl2N5O/c1-33-15-30-14-25(33)27(35,18-5-8-20(28)9-6-18)19-7-10-24-23(12-19)22(13-26-32-31-16-34(24)26)17-3-2-4-21(29)11-17/h2-16,35H,1H3. The third kappa shape index (κ3) is 3.49. The van der Waals surface area contributed by atoms with Crippen LogP contribution in [-0.2, 0) is 12.6 Å². The zero-order valence-electron chi connectivity index (χ0n) is 18.6. The molecule has 3 heterocycles. The van der Waals surface area contributed by atoms with Crippen LogP contribution in [0.3, 0.4) is 0 Å². The van der Waals surface area contributed by atoms with Gasteiger partial charge in [0.05, 0.1) is 23.7 Å². The van der Waals surface area contributed by atoms with Gasteiger partial charge in [-0.2, -0.15) is 0 Å². The van der Waals surface area contributed by atoms with E-state index in [-0.39, 0.29) is 0 Å². The predicted octanol–water partition coefficient (Wildman–Crippen LogP) is 5.87. The molecule has 0 aliphatic heterocycles. The van der Waals surface area contributed by atoms with Crippen molar-refractivity contribution in [2.45, 2.75) is 5.60 Å². The van der Waals surface area contributed by atoms with Crippen molar-refractivity contribution in [3.05, 3.63) is 119 Å². The van der Waals surface area contributed by atoms with Gasteiger partial charge in [-0.3, -0.25) is 4.40 Å². The number of nitrogens with zero attached hydrogens (tertiary/aromatic N) is 5. The van der Waals surface area contributed by atoms with Crippen molar-refractivity contribution >= 4 is 39.8 Å². The van der Waals surface area contributed by atoms with E-state index in [4.69, 9.17) is 23.2 Å². The van der Waals surface area contributed by atoms with E-state index in [2.05, 4.69) is 15.2 Å². The second-order valence-electron chi connectivity index (χ2n) is 8.47. The van der Waals surface area contributed by atoms with Gasteiger partial charge >= 0.3 is 0 Å². The fraction of sp³-hybridized carbons (Fsp3) is 0.0741. The fourth-order valence-electron chi connectivity index (χ4n) is 4.68. The van der Waals surface area contributed by atoms with Gasteiger partial charge in [0.1, 0.15) is 6.33 Å². The summed E-state index contributed by atoms with van der Waals surface area (Å²) >= 11 is 12.5. The molecule has 0 saturated heterocycles. The summed E-state index contributed by atoms with van der Waals surface area (Å²) in [4.78, 5) is 4.27. The highest BCUT2D eigenvalue weighted by molar-refractivity contribution is 6.31. The molecule has 6 nitrogen and oxygen atoms in total. The minimum atomic E-state index is -1.47. The van der Waals surface area contributed by atoms with Crippen LogP contribution in [0.5, 0.6) is 0 Å². The maximum Gasteiger partial charge on any atom is 0.161 e. The number of hydrogen-bond donors (Lipinski definition) is 1. The second-order valence-corrected chi connectivity index (χ2v) is 9.34. The van der Waals surface area contributed by atoms with E-state index in [1.54, 1.807) is 31.0 Å². The Morgan fingerprint density at radius 2 is 1.66 bits per heavy atom. The van der Waals surface area contributed by atoms with E-state index in [1.165, 1.54) is 0 Å². The number of imidazole rings is 1. The van der Waals surface area contributed by atoms with Crippen molar-refractivity contribution in [1.82, 2.24) is 24.1 Å². The van der Waals surface area contributed by atoms with Crippen LogP contribution < -0.4 is 0 Å². The molecule has 0 radical (unpaired) electrons. The molecule has 1 unspecified atom stereocenters. The summed E-state index contributed by atoms with van der Waals surface area (Å²) in [5.41, 5.74) is 4.04. The first-order chi connectivity index (χ1) is 16.9. The van der Waals surface area contributed by atoms with Crippen molar-refractivity contribution in [1.29, 1.82) is 0 Å². The zero-order valence-corrected chi connectivity index (χ0v) is 20.1. The summed E-state index contributed by atoms with van der Waals surface area (Å²) in [5.74, 6) is 0. The SMILES string of the molecule is Cn1cncc1C(O)(c1ccc(Cl)cc1)c1ccc2c(c1)c(-c1cccc(Cl)c1)cc1nncn12. The number of pyridine rings is 1. The maximum absolute atomic E-state index is 12.4. The summed E-state index contributed by atoms with van der Waals surface area (Å²) in [6.45, 7) is 0. The third-order valence-corrected chi connectivity index (χ3v) is 6.88. The first-order valence-electron chi connectivity index (χ1n) is 10.9. The molecule has 0 amide bonds. The lowest BCUT2D eigenvalue weighted by atomic mass is 9.82. The fourth-order valence-corrected chi connectivity index (χ4v) is 4.99. The van der Waals surface area contributed by atoms with Gasteiger partial charge in [-0.25, -0.2) is 4.98 Å². The second kappa shape index (κ2) is 8.20. The van der Waals surface area contributed by atoms with Gasteiger partial charge in [0.2, 0.25) is 0 Å². The number of aryl methyl sites for hydroxylation is 1. The van der Waals surface area contributed by atoms with Crippen LogP contribution in [0.2, 0.25) is 10.0 Å². The van der Waals surface area contributed by atoms with Gasteiger partial charge in [0.25, 0.3) is 0 Å². The van der Waals surface area contributed by atoms with Gasteiger partial charge < -0.3 is 9.67 Å². The Bertz CT molecular complexity index is 1710. The van der Waals surface area contributed by atoms with Crippen molar-refractivity contribution < 1.29 is 5.11 Å². The lowest BCUT2D eigenvalue weighted by molar-refractivity contribution is 0.117. The Kier molecular flexibility index (Phi) is 5.11. The Hall–Kier alpha value is -3.71. The number of benzene rings is 3. The molecular formula is C27H19Cl2N5O. The molecule has 1 N–H and O–H groups in total. The number of fused-ring (bicyclic) bond motifs is 3. The quantitative estimate of drug-likeness (QED) is 0.329. The highest BCUT2D eigenvalue weighted by Gasteiger charge is 2.37. The van der Waals surface area contributed by atoms with Gasteiger partial charge in [0.15, 0.2) is 11.2 Å². The molecule has 0 aliphatic carbocycles. The monoisotopic (exact) mass is 499 g/mol. The average molecular weight is 500 g/mol. The smallest absolute Gasteiger partial charge is 0.161 e. The molecule has 0 spiro atoms. The van der Waals surface area contributed by atoms with Crippen LogP contribution in [0, 0.1) is 0 Å². The number of rotatable bonds is 4. The molecule has 0 fully saturated rings. The number of aromatic nitrogens is 5. The van der Waals surface area contributed by atoms with Crippen molar-refractivity contribution in [2.75, 3.05) is 0 Å². The van der Waals surface area contributed by atoms with Crippen LogP contribution in [0.4, 0.5) is 0 Å². The third-order valence-electron chi connectivity index (χ3n) is 6.40. The molecule has 0 aliphatic rings. The predicted molar refractivity (Wildman–Crippen MR) is 138 cm³/mol. The van der Waals surface area contributed by atoms with Crippen LogP contribution in [0.1, 0.15) is 16.8 Å². The topological polar surface area (TPSA) is 68.2 Å². The molecule has 8 heteroatoms. The molecule has 3 aromatic heterocycles. The van der Waals surface area contributed by atoms with Crippen LogP contribution in [-0.4, -0.2) is 29.3 Å². The lowest BCUT2D eigenvalue weighted by Crippen LogP contribution is -2.31. The number of halogens is 2. The average Bonchev–Trinajstić information content (AvgIpc) is 3.52. The van der Waals surface area contributed by atoms with E-state index in [0.717, 1.165) is 27.7 Å². The highest BCUT2D eigenvalue weighted by Crippen LogP contribution is 2.40. The van der Waals surface area contributed by atoms with Crippen molar-refractivity contribution in [3.8, 4) is 11.1 Å². The Labute approximate surface area is 211 Å². The van der Waals surface area contributed by atoms with Gasteiger partial charge in [-0.1, -0.05) is 53.5 Å². The summed E-state index contributed by atoms with van der Waals surface area (Å²) in [7, 11) is 1.86. The first kappa shape index (κ1) is 21.8. The van der Waals surface area contributed by atoms with Crippen LogP contribution in [0.15, 0.2) is 91.6 Å². The van der Waals surface area contributed by atoms with Gasteiger partial charge in [-0.15, -0.1) is 10.2 Å². The minimum Gasteiger partial charge on any atom is -0.374 e. The van der Waals surface area contributed by atoms with Gasteiger partial charge in [0, 0.05) is 22.5 Å². The van der Waals surface area contributed by atoms with Crippen molar-refractivity contribution in [3.63, 3.8) is 0 Å². The summed E-state index contributed by atoms with van der Waals surface area (Å²) < 4.78 is 3.75. The summed E-state index contributed by atoms with van der Waals surface area (Å²) in [5, 5.41) is 22.9. The Balaban J connectivity index is 1.68. The Morgan fingerprint density at radius 1 is 0.857 bits per heavy atom. The molecular weight excluding hydrogens is 481 g/mol. The molecule has 0 saturated carbocycles. The normalized spacial score (nSPS) is 13.4. The van der Waals surface area contributed by atoms with E-state index < -0.39 is 5.60 Å². The molecule has 35 heavy (non-hydrogen) atoms. The van der Waals surface area contributed by atoms with E-state index in [9.17, 15) is 5.11 Å². The van der Waals surface area contributed by atoms with Crippen LogP contribution in [0.25, 0.3) is 27.7 Å². The molecule has 1 atom stereocenters. The van der Waals surface area contributed by atoms with Gasteiger partial charge in [-0.05, 0) is 64.7 Å². The Morgan fingerprint density at radius 3 is 2.40 bits per heavy atom. The van der Waals surface area contributed by atoms with Crippen molar-refractivity contribution in [2.24, 2.45) is 7.05 Å². The molecule has 6 aromatic rings. The number of aliphatic hydroxyl groups is 1. The largest absolute Gasteiger partial charge is 0.374 e. The summed E-state index contributed by atoms with van der Waals surface area (Å²) in [6.07, 6.45) is 5.04. The highest BCUT2D eigenvalue weighted by atomic mass is 35.5. The minimum absolute atomic E-state index is 0.595. The molecule has 6 rings (SSSR count). The lowest BCUT2D eigenvalue weighted by Gasteiger charge is -2.30. The van der Waals surface area contributed by atoms with E-state index >= 15 is 0 Å².